The second-order valence-electron chi connectivity index (χ2n) is 7.48. The Balaban J connectivity index is 1.56. The first-order valence-corrected chi connectivity index (χ1v) is 11.1. The molecular formula is C22H25Cl2N3O5. The highest BCUT2D eigenvalue weighted by Crippen LogP contribution is 2.24. The lowest BCUT2D eigenvalue weighted by atomic mass is 9.97. The summed E-state index contributed by atoms with van der Waals surface area (Å²) in [5.74, 6) is -1.47. The lowest BCUT2D eigenvalue weighted by Crippen LogP contribution is -2.42. The number of hydrogen-bond acceptors (Lipinski definition) is 6. The van der Waals surface area contributed by atoms with Gasteiger partial charge in [-0.15, -0.1) is 0 Å². The van der Waals surface area contributed by atoms with Crippen molar-refractivity contribution in [2.24, 2.45) is 5.92 Å². The molecule has 3 rings (SSSR count). The minimum atomic E-state index is -0.715. The lowest BCUT2D eigenvalue weighted by molar-refractivity contribution is -0.151. The number of piperidine rings is 1. The van der Waals surface area contributed by atoms with Crippen LogP contribution in [0, 0.1) is 12.8 Å². The first kappa shape index (κ1) is 24.1. The SMILES string of the molecule is CCOC(=O)C1CCN(C(=O)COC(=O)c2c(C)nn(Cc3ccccc3Cl)c2Cl)CC1. The minimum Gasteiger partial charge on any atom is -0.466 e. The summed E-state index contributed by atoms with van der Waals surface area (Å²) >= 11 is 12.6. The molecule has 0 atom stereocenters. The van der Waals surface area contributed by atoms with Crippen LogP contribution in [0.2, 0.25) is 10.2 Å². The van der Waals surface area contributed by atoms with Gasteiger partial charge >= 0.3 is 11.9 Å². The van der Waals surface area contributed by atoms with E-state index in [1.807, 2.05) is 18.2 Å². The van der Waals surface area contributed by atoms with Crippen molar-refractivity contribution in [3.63, 3.8) is 0 Å². The molecule has 1 aliphatic rings. The number of carbonyl (C=O) groups is 3. The third kappa shape index (κ3) is 5.61. The maximum atomic E-state index is 12.6. The number of benzene rings is 1. The number of aromatic nitrogens is 2. The van der Waals surface area contributed by atoms with Gasteiger partial charge in [0.05, 0.1) is 24.8 Å². The number of halogens is 2. The fourth-order valence-corrected chi connectivity index (χ4v) is 4.10. The van der Waals surface area contributed by atoms with Crippen LogP contribution in [0.5, 0.6) is 0 Å². The molecule has 0 aliphatic carbocycles. The van der Waals surface area contributed by atoms with Crippen molar-refractivity contribution in [1.29, 1.82) is 0 Å². The van der Waals surface area contributed by atoms with E-state index in [1.54, 1.807) is 24.8 Å². The molecule has 10 heteroatoms. The average molecular weight is 482 g/mol. The van der Waals surface area contributed by atoms with Crippen LogP contribution in [0.4, 0.5) is 0 Å². The quantitative estimate of drug-likeness (QED) is 0.562. The van der Waals surface area contributed by atoms with Crippen molar-refractivity contribution >= 4 is 41.0 Å². The first-order chi connectivity index (χ1) is 15.3. The van der Waals surface area contributed by atoms with Crippen LogP contribution in [0.15, 0.2) is 24.3 Å². The monoisotopic (exact) mass is 481 g/mol. The smallest absolute Gasteiger partial charge is 0.343 e. The van der Waals surface area contributed by atoms with Gasteiger partial charge in [0.15, 0.2) is 6.61 Å². The average Bonchev–Trinajstić information content (AvgIpc) is 3.06. The molecule has 1 aliphatic heterocycles. The molecule has 2 heterocycles. The Morgan fingerprint density at radius 3 is 2.47 bits per heavy atom. The summed E-state index contributed by atoms with van der Waals surface area (Å²) in [5, 5.41) is 5.00. The molecule has 1 aromatic heterocycles. The Bertz CT molecular complexity index is 999. The zero-order valence-corrected chi connectivity index (χ0v) is 19.5. The molecule has 1 fully saturated rings. The number of carbonyl (C=O) groups excluding carboxylic acids is 3. The summed E-state index contributed by atoms with van der Waals surface area (Å²) in [6.45, 7) is 4.46. The van der Waals surface area contributed by atoms with Crippen LogP contribution < -0.4 is 0 Å². The number of aryl methyl sites for hydroxylation is 1. The Morgan fingerprint density at radius 1 is 1.12 bits per heavy atom. The number of amides is 1. The topological polar surface area (TPSA) is 90.7 Å². The van der Waals surface area contributed by atoms with Gasteiger partial charge in [-0.3, -0.25) is 9.59 Å². The minimum absolute atomic E-state index is 0.118. The Hall–Kier alpha value is -2.58. The second-order valence-corrected chi connectivity index (χ2v) is 8.25. The van der Waals surface area contributed by atoms with Gasteiger partial charge in [-0.25, -0.2) is 9.48 Å². The first-order valence-electron chi connectivity index (χ1n) is 10.4. The number of hydrogen-bond donors (Lipinski definition) is 0. The molecule has 32 heavy (non-hydrogen) atoms. The largest absolute Gasteiger partial charge is 0.466 e. The highest BCUT2D eigenvalue weighted by molar-refractivity contribution is 6.33. The van der Waals surface area contributed by atoms with Gasteiger partial charge in [0.25, 0.3) is 5.91 Å². The second kappa shape index (κ2) is 10.8. The van der Waals surface area contributed by atoms with Crippen molar-refractivity contribution < 1.29 is 23.9 Å². The van der Waals surface area contributed by atoms with Gasteiger partial charge in [-0.1, -0.05) is 41.4 Å². The van der Waals surface area contributed by atoms with Crippen LogP contribution in [0.3, 0.4) is 0 Å². The van der Waals surface area contributed by atoms with Crippen LogP contribution >= 0.6 is 23.2 Å². The predicted octanol–water partition coefficient (Wildman–Crippen LogP) is 3.51. The normalized spacial score (nSPS) is 14.3. The van der Waals surface area contributed by atoms with E-state index in [0.717, 1.165) is 5.56 Å². The van der Waals surface area contributed by atoms with Gasteiger partial charge < -0.3 is 14.4 Å². The van der Waals surface area contributed by atoms with E-state index in [9.17, 15) is 14.4 Å². The number of likely N-dealkylation sites (tertiary alicyclic amines) is 1. The van der Waals surface area contributed by atoms with Gasteiger partial charge in [-0.2, -0.15) is 5.10 Å². The molecule has 8 nitrogen and oxygen atoms in total. The standard InChI is InChI=1S/C22H25Cl2N3O5/c1-3-31-21(29)15-8-10-26(11-9-15)18(28)13-32-22(30)19-14(2)25-27(20(19)24)12-16-6-4-5-7-17(16)23/h4-7,15H,3,8-13H2,1-2H3. The zero-order valence-electron chi connectivity index (χ0n) is 18.0. The maximum Gasteiger partial charge on any atom is 0.343 e. The molecule has 2 aromatic rings. The van der Waals surface area contributed by atoms with Crippen LogP contribution in [0.1, 0.15) is 41.4 Å². The molecule has 0 radical (unpaired) electrons. The highest BCUT2D eigenvalue weighted by atomic mass is 35.5. The number of rotatable bonds is 7. The summed E-state index contributed by atoms with van der Waals surface area (Å²) in [6, 6.07) is 7.28. The number of esters is 2. The third-order valence-corrected chi connectivity index (χ3v) is 6.09. The number of nitrogens with zero attached hydrogens (tertiary/aromatic N) is 3. The van der Waals surface area contributed by atoms with E-state index < -0.39 is 12.6 Å². The predicted molar refractivity (Wildman–Crippen MR) is 119 cm³/mol. The molecule has 0 bridgehead atoms. The van der Waals surface area contributed by atoms with Gasteiger partial charge in [-0.05, 0) is 38.3 Å². The summed E-state index contributed by atoms with van der Waals surface area (Å²) < 4.78 is 11.7. The van der Waals surface area contributed by atoms with Crippen molar-refractivity contribution in [3.8, 4) is 0 Å². The Labute approximate surface area is 196 Å². The number of ether oxygens (including phenoxy) is 2. The lowest BCUT2D eigenvalue weighted by Gasteiger charge is -2.30. The summed E-state index contributed by atoms with van der Waals surface area (Å²) in [7, 11) is 0. The van der Waals surface area contributed by atoms with Crippen LogP contribution in [0.25, 0.3) is 0 Å². The van der Waals surface area contributed by atoms with E-state index >= 15 is 0 Å². The zero-order chi connectivity index (χ0) is 23.3. The van der Waals surface area contributed by atoms with Crippen molar-refractivity contribution in [3.05, 3.63) is 51.3 Å². The van der Waals surface area contributed by atoms with E-state index in [4.69, 9.17) is 32.7 Å². The van der Waals surface area contributed by atoms with E-state index in [1.165, 1.54) is 4.68 Å². The molecule has 0 saturated carbocycles. The van der Waals surface area contributed by atoms with Crippen molar-refractivity contribution in [1.82, 2.24) is 14.7 Å². The molecule has 0 unspecified atom stereocenters. The van der Waals surface area contributed by atoms with Gasteiger partial charge in [0, 0.05) is 18.1 Å². The summed E-state index contributed by atoms with van der Waals surface area (Å²) in [5.41, 5.74) is 1.32. The molecule has 1 aromatic carbocycles. The van der Waals surface area contributed by atoms with E-state index in [2.05, 4.69) is 5.10 Å². The van der Waals surface area contributed by atoms with Gasteiger partial charge in [0.2, 0.25) is 0 Å². The Morgan fingerprint density at radius 2 is 1.81 bits per heavy atom. The maximum absolute atomic E-state index is 12.6. The molecule has 0 N–H and O–H groups in total. The van der Waals surface area contributed by atoms with Gasteiger partial charge in [0.1, 0.15) is 10.7 Å². The Kier molecular flexibility index (Phi) is 8.15. The van der Waals surface area contributed by atoms with Crippen molar-refractivity contribution in [2.75, 3.05) is 26.3 Å². The molecule has 0 spiro atoms. The van der Waals surface area contributed by atoms with Crippen LogP contribution in [-0.2, 0) is 25.6 Å². The fraction of sp³-hybridized carbons (Fsp3) is 0.455. The molecule has 1 saturated heterocycles. The fourth-order valence-electron chi connectivity index (χ4n) is 3.59. The van der Waals surface area contributed by atoms with E-state index in [0.29, 0.717) is 49.8 Å². The highest BCUT2D eigenvalue weighted by Gasteiger charge is 2.29. The summed E-state index contributed by atoms with van der Waals surface area (Å²) in [6.07, 6.45) is 1.05. The molecule has 172 valence electrons. The van der Waals surface area contributed by atoms with E-state index in [-0.39, 0.29) is 28.5 Å². The molecule has 1 amide bonds. The van der Waals surface area contributed by atoms with Crippen molar-refractivity contribution in [2.45, 2.75) is 33.2 Å². The third-order valence-electron chi connectivity index (χ3n) is 5.34. The molecular weight excluding hydrogens is 457 g/mol. The van der Waals surface area contributed by atoms with Crippen LogP contribution in [-0.4, -0.2) is 58.8 Å². The summed E-state index contributed by atoms with van der Waals surface area (Å²) in [4.78, 5) is 38.5.